The van der Waals surface area contributed by atoms with Gasteiger partial charge in [-0.25, -0.2) is 8.42 Å². The van der Waals surface area contributed by atoms with Gasteiger partial charge in [-0.2, -0.15) is 0 Å². The molecule has 0 radical (unpaired) electrons. The van der Waals surface area contributed by atoms with E-state index in [0.29, 0.717) is 16.8 Å². The number of hydrogen-bond acceptors (Lipinski definition) is 3. The molecule has 6 heteroatoms. The minimum Gasteiger partial charge on any atom is -0.384 e. The lowest BCUT2D eigenvalue weighted by molar-refractivity contribution is 0.593. The molecule has 0 aromatic heterocycles. The quantitative estimate of drug-likeness (QED) is 0.653. The number of anilines is 1. The Morgan fingerprint density at radius 2 is 1.67 bits per heavy atom. The highest BCUT2D eigenvalue weighted by Gasteiger charge is 2.21. The molecule has 110 valence electrons. The lowest BCUT2D eigenvalue weighted by Crippen LogP contribution is -2.30. The van der Waals surface area contributed by atoms with Gasteiger partial charge in [0.05, 0.1) is 11.4 Å². The summed E-state index contributed by atoms with van der Waals surface area (Å²) >= 11 is 0. The van der Waals surface area contributed by atoms with Gasteiger partial charge < -0.3 is 5.73 Å². The van der Waals surface area contributed by atoms with Crippen LogP contribution in [0.3, 0.4) is 0 Å². The van der Waals surface area contributed by atoms with Crippen LogP contribution in [0.4, 0.5) is 5.69 Å². The Hall–Kier alpha value is -2.34. The maximum Gasteiger partial charge on any atom is 0.239 e. The Balaban J connectivity index is 2.35. The van der Waals surface area contributed by atoms with Gasteiger partial charge in [0.2, 0.25) is 10.0 Å². The van der Waals surface area contributed by atoms with Crippen LogP contribution in [0, 0.1) is 5.41 Å². The zero-order valence-corrected chi connectivity index (χ0v) is 12.5. The molecule has 0 amide bonds. The number of nitrogen functional groups attached to an aromatic ring is 1. The van der Waals surface area contributed by atoms with Gasteiger partial charge in [-0.05, 0) is 17.7 Å². The van der Waals surface area contributed by atoms with Gasteiger partial charge in [-0.15, -0.1) is 0 Å². The second-order valence-corrected chi connectivity index (χ2v) is 6.64. The van der Waals surface area contributed by atoms with Crippen molar-refractivity contribution in [2.24, 2.45) is 5.73 Å². The van der Waals surface area contributed by atoms with Gasteiger partial charge in [-0.1, -0.05) is 42.5 Å². The first-order chi connectivity index (χ1) is 9.92. The van der Waals surface area contributed by atoms with Crippen LogP contribution in [0.1, 0.15) is 11.1 Å². The van der Waals surface area contributed by atoms with E-state index in [0.717, 1.165) is 0 Å². The van der Waals surface area contributed by atoms with Crippen LogP contribution in [0.25, 0.3) is 0 Å². The van der Waals surface area contributed by atoms with E-state index in [1.165, 1.54) is 11.4 Å². The lowest BCUT2D eigenvalue weighted by Gasteiger charge is -2.22. The molecule has 0 aliphatic carbocycles. The summed E-state index contributed by atoms with van der Waals surface area (Å²) in [6, 6.07) is 15.7. The van der Waals surface area contributed by atoms with Gasteiger partial charge in [0.1, 0.15) is 5.84 Å². The van der Waals surface area contributed by atoms with Gasteiger partial charge in [-0.3, -0.25) is 9.71 Å². The molecular formula is C15H17N3O2S. The predicted molar refractivity (Wildman–Crippen MR) is 84.9 cm³/mol. The summed E-state index contributed by atoms with van der Waals surface area (Å²) in [6.45, 7) is 0. The Bertz CT molecular complexity index is 743. The highest BCUT2D eigenvalue weighted by Crippen LogP contribution is 2.23. The van der Waals surface area contributed by atoms with Crippen LogP contribution in [0.15, 0.2) is 54.6 Å². The van der Waals surface area contributed by atoms with E-state index in [2.05, 4.69) is 0 Å². The van der Waals surface area contributed by atoms with Gasteiger partial charge in [0, 0.05) is 12.6 Å². The maximum absolute atomic E-state index is 12.5. The topological polar surface area (TPSA) is 87.2 Å². The van der Waals surface area contributed by atoms with Gasteiger partial charge >= 0.3 is 0 Å². The molecule has 0 saturated heterocycles. The van der Waals surface area contributed by atoms with Crippen molar-refractivity contribution in [3.63, 3.8) is 0 Å². The average Bonchev–Trinajstić information content (AvgIpc) is 2.47. The molecule has 0 fully saturated rings. The molecule has 0 atom stereocenters. The number of para-hydroxylation sites is 1. The zero-order chi connectivity index (χ0) is 15.5. The Morgan fingerprint density at radius 3 is 2.29 bits per heavy atom. The van der Waals surface area contributed by atoms with Crippen molar-refractivity contribution < 1.29 is 8.42 Å². The number of benzene rings is 2. The van der Waals surface area contributed by atoms with Crippen molar-refractivity contribution in [3.05, 3.63) is 65.7 Å². The van der Waals surface area contributed by atoms with E-state index in [-0.39, 0.29) is 11.6 Å². The number of nitrogens with one attached hydrogen (secondary N) is 1. The van der Waals surface area contributed by atoms with Gasteiger partial charge in [0.15, 0.2) is 0 Å². The summed E-state index contributed by atoms with van der Waals surface area (Å²) in [7, 11) is -2.07. The number of sulfonamides is 1. The summed E-state index contributed by atoms with van der Waals surface area (Å²) in [5.41, 5.74) is 7.03. The van der Waals surface area contributed by atoms with Crippen molar-refractivity contribution in [3.8, 4) is 0 Å². The standard InChI is InChI=1S/C15H17N3O2S/c1-18(14-10-6-5-9-13(14)15(16)17)21(19,20)11-12-7-3-2-4-8-12/h2-10H,11H2,1H3,(H3,16,17). The monoisotopic (exact) mass is 303 g/mol. The fourth-order valence-electron chi connectivity index (χ4n) is 2.01. The van der Waals surface area contributed by atoms with E-state index >= 15 is 0 Å². The molecule has 5 nitrogen and oxygen atoms in total. The summed E-state index contributed by atoms with van der Waals surface area (Å²) < 4.78 is 26.2. The molecule has 21 heavy (non-hydrogen) atoms. The molecule has 0 unspecified atom stereocenters. The molecule has 2 aromatic carbocycles. The highest BCUT2D eigenvalue weighted by molar-refractivity contribution is 7.92. The number of nitrogens with two attached hydrogens (primary N) is 1. The SMILES string of the molecule is CN(c1ccccc1C(=N)N)S(=O)(=O)Cc1ccccc1. The minimum absolute atomic E-state index is 0.101. The van der Waals surface area contributed by atoms with E-state index < -0.39 is 10.0 Å². The molecule has 0 saturated carbocycles. The van der Waals surface area contributed by atoms with Crippen LogP contribution >= 0.6 is 0 Å². The third-order valence-corrected chi connectivity index (χ3v) is 4.87. The third-order valence-electron chi connectivity index (χ3n) is 3.14. The zero-order valence-electron chi connectivity index (χ0n) is 11.7. The first-order valence-corrected chi connectivity index (χ1v) is 7.96. The van der Waals surface area contributed by atoms with Crippen molar-refractivity contribution in [2.75, 3.05) is 11.4 Å². The summed E-state index contributed by atoms with van der Waals surface area (Å²) in [6.07, 6.45) is 0. The van der Waals surface area contributed by atoms with Crippen molar-refractivity contribution >= 4 is 21.5 Å². The predicted octanol–water partition coefficient (Wildman–Crippen LogP) is 1.94. The Morgan fingerprint density at radius 1 is 1.10 bits per heavy atom. The molecule has 0 bridgehead atoms. The van der Waals surface area contributed by atoms with E-state index in [1.807, 2.05) is 6.07 Å². The Labute approximate surface area is 124 Å². The number of nitrogens with zero attached hydrogens (tertiary/aromatic N) is 1. The Kier molecular flexibility index (Phi) is 4.28. The van der Waals surface area contributed by atoms with E-state index in [9.17, 15) is 8.42 Å². The van der Waals surface area contributed by atoms with Crippen LogP contribution in [0.2, 0.25) is 0 Å². The first kappa shape index (κ1) is 15.1. The highest BCUT2D eigenvalue weighted by atomic mass is 32.2. The van der Waals surface area contributed by atoms with Crippen LogP contribution in [0.5, 0.6) is 0 Å². The molecular weight excluding hydrogens is 286 g/mol. The minimum atomic E-state index is -3.54. The molecule has 2 rings (SSSR count). The molecule has 0 aliphatic heterocycles. The third kappa shape index (κ3) is 3.41. The second-order valence-electron chi connectivity index (χ2n) is 4.64. The molecule has 0 spiro atoms. The van der Waals surface area contributed by atoms with Crippen LogP contribution < -0.4 is 10.0 Å². The fraction of sp³-hybridized carbons (Fsp3) is 0.133. The molecule has 3 N–H and O–H groups in total. The number of amidine groups is 1. The second kappa shape index (κ2) is 5.97. The van der Waals surface area contributed by atoms with E-state index in [1.54, 1.807) is 48.5 Å². The maximum atomic E-state index is 12.5. The number of hydrogen-bond donors (Lipinski definition) is 2. The molecule has 0 aliphatic rings. The van der Waals surface area contributed by atoms with Crippen molar-refractivity contribution in [2.45, 2.75) is 5.75 Å². The van der Waals surface area contributed by atoms with E-state index in [4.69, 9.17) is 11.1 Å². The molecule has 2 aromatic rings. The van der Waals surface area contributed by atoms with Crippen molar-refractivity contribution in [1.82, 2.24) is 0 Å². The normalized spacial score (nSPS) is 11.1. The summed E-state index contributed by atoms with van der Waals surface area (Å²) in [4.78, 5) is 0. The summed E-state index contributed by atoms with van der Waals surface area (Å²) in [5, 5.41) is 7.55. The summed E-state index contributed by atoms with van der Waals surface area (Å²) in [5.74, 6) is -0.260. The number of rotatable bonds is 5. The van der Waals surface area contributed by atoms with Crippen LogP contribution in [-0.4, -0.2) is 21.3 Å². The van der Waals surface area contributed by atoms with Gasteiger partial charge in [0.25, 0.3) is 0 Å². The fourth-order valence-corrected chi connectivity index (χ4v) is 3.27. The average molecular weight is 303 g/mol. The smallest absolute Gasteiger partial charge is 0.239 e. The largest absolute Gasteiger partial charge is 0.384 e. The van der Waals surface area contributed by atoms with Crippen molar-refractivity contribution in [1.29, 1.82) is 5.41 Å². The van der Waals surface area contributed by atoms with Crippen LogP contribution in [-0.2, 0) is 15.8 Å². The first-order valence-electron chi connectivity index (χ1n) is 6.36. The molecule has 0 heterocycles. The lowest BCUT2D eigenvalue weighted by atomic mass is 10.1.